The van der Waals surface area contributed by atoms with E-state index in [-0.39, 0.29) is 5.91 Å². The van der Waals surface area contributed by atoms with Crippen LogP contribution in [0.15, 0.2) is 18.2 Å². The van der Waals surface area contributed by atoms with Gasteiger partial charge in [-0.25, -0.2) is 0 Å². The number of aldehydes is 1. The number of methoxy groups -OCH3 is 1. The summed E-state index contributed by atoms with van der Waals surface area (Å²) >= 11 is 0. The number of likely N-dealkylation sites (tertiary alicyclic amines) is 1. The summed E-state index contributed by atoms with van der Waals surface area (Å²) in [4.78, 5) is 24.6. The van der Waals surface area contributed by atoms with Gasteiger partial charge in [-0.05, 0) is 24.1 Å². The molecule has 1 aliphatic heterocycles. The number of benzene rings is 1. The lowest BCUT2D eigenvalue weighted by Crippen LogP contribution is -2.24. The molecular formula is C15H19NO3. The molecule has 1 atom stereocenters. The predicted octanol–water partition coefficient (Wildman–Crippen LogP) is 2.27. The zero-order valence-corrected chi connectivity index (χ0v) is 11.4. The molecule has 0 aliphatic carbocycles. The molecule has 1 fully saturated rings. The van der Waals surface area contributed by atoms with Crippen molar-refractivity contribution in [2.75, 3.05) is 13.7 Å². The van der Waals surface area contributed by atoms with Crippen LogP contribution >= 0.6 is 0 Å². The number of hydrogen-bond acceptors (Lipinski definition) is 3. The second-order valence-electron chi connectivity index (χ2n) is 4.94. The summed E-state index contributed by atoms with van der Waals surface area (Å²) < 4.78 is 5.29. The van der Waals surface area contributed by atoms with E-state index in [1.165, 1.54) is 0 Å². The molecule has 0 bridgehead atoms. The van der Waals surface area contributed by atoms with Gasteiger partial charge in [-0.2, -0.15) is 0 Å². The van der Waals surface area contributed by atoms with Gasteiger partial charge in [-0.15, -0.1) is 0 Å². The van der Waals surface area contributed by atoms with Crippen LogP contribution in [0.4, 0.5) is 0 Å². The van der Waals surface area contributed by atoms with Crippen molar-refractivity contribution in [3.63, 3.8) is 0 Å². The lowest BCUT2D eigenvalue weighted by Gasteiger charge is -2.18. The second-order valence-corrected chi connectivity index (χ2v) is 4.94. The highest BCUT2D eigenvalue weighted by Crippen LogP contribution is 2.26. The van der Waals surface area contributed by atoms with Gasteiger partial charge in [0.15, 0.2) is 0 Å². The Bertz CT molecular complexity index is 484. The molecule has 0 saturated carbocycles. The minimum absolute atomic E-state index is 0.186. The van der Waals surface area contributed by atoms with Crippen LogP contribution in [0.25, 0.3) is 0 Å². The fourth-order valence-electron chi connectivity index (χ4n) is 2.48. The van der Waals surface area contributed by atoms with E-state index in [0.29, 0.717) is 24.4 Å². The molecular weight excluding hydrogens is 242 g/mol. The molecule has 4 heteroatoms. The first-order valence-corrected chi connectivity index (χ1v) is 6.57. The third-order valence-corrected chi connectivity index (χ3v) is 3.67. The van der Waals surface area contributed by atoms with Gasteiger partial charge >= 0.3 is 0 Å². The van der Waals surface area contributed by atoms with Gasteiger partial charge in [-0.3, -0.25) is 9.59 Å². The third-order valence-electron chi connectivity index (χ3n) is 3.67. The van der Waals surface area contributed by atoms with Crippen LogP contribution in [0.1, 0.15) is 35.7 Å². The molecule has 1 heterocycles. The van der Waals surface area contributed by atoms with Crippen LogP contribution in [0.5, 0.6) is 5.75 Å². The third kappa shape index (κ3) is 2.95. The zero-order chi connectivity index (χ0) is 13.8. The number of ether oxygens (including phenoxy) is 1. The Morgan fingerprint density at radius 2 is 2.26 bits per heavy atom. The molecule has 0 aromatic heterocycles. The molecule has 102 valence electrons. The number of amides is 1. The zero-order valence-electron chi connectivity index (χ0n) is 11.4. The minimum Gasteiger partial charge on any atom is -0.496 e. The Kier molecular flexibility index (Phi) is 4.20. The molecule has 4 nitrogen and oxygen atoms in total. The van der Waals surface area contributed by atoms with E-state index in [9.17, 15) is 9.59 Å². The van der Waals surface area contributed by atoms with Gasteiger partial charge in [-0.1, -0.05) is 13.3 Å². The van der Waals surface area contributed by atoms with Gasteiger partial charge in [0.1, 0.15) is 12.0 Å². The highest BCUT2D eigenvalue weighted by Gasteiger charge is 2.28. The smallest absolute Gasteiger partial charge is 0.223 e. The molecule has 1 unspecified atom stereocenters. The van der Waals surface area contributed by atoms with Crippen molar-refractivity contribution in [1.29, 1.82) is 0 Å². The Hall–Kier alpha value is -1.84. The number of carbonyl (C=O) groups excluding carboxylic acids is 2. The van der Waals surface area contributed by atoms with Crippen molar-refractivity contribution in [2.45, 2.75) is 26.3 Å². The Morgan fingerprint density at radius 1 is 1.47 bits per heavy atom. The Labute approximate surface area is 113 Å². The number of hydrogen-bond donors (Lipinski definition) is 0. The van der Waals surface area contributed by atoms with Crippen molar-refractivity contribution in [3.8, 4) is 5.75 Å². The van der Waals surface area contributed by atoms with Crippen LogP contribution in [0.2, 0.25) is 0 Å². The Morgan fingerprint density at radius 3 is 2.84 bits per heavy atom. The highest BCUT2D eigenvalue weighted by molar-refractivity contribution is 5.79. The van der Waals surface area contributed by atoms with Gasteiger partial charge in [0.05, 0.1) is 7.11 Å². The van der Waals surface area contributed by atoms with Crippen LogP contribution in [0.3, 0.4) is 0 Å². The standard InChI is InChI=1S/C15H19NO3/c1-3-11-7-15(18)16(8-11)9-13-6-12(10-17)4-5-14(13)19-2/h4-6,10-11H,3,7-9H2,1-2H3. The summed E-state index contributed by atoms with van der Waals surface area (Å²) in [5.74, 6) is 1.36. The predicted molar refractivity (Wildman–Crippen MR) is 72.2 cm³/mol. The van der Waals surface area contributed by atoms with E-state index in [1.807, 2.05) is 4.90 Å². The number of nitrogens with zero attached hydrogens (tertiary/aromatic N) is 1. The fraction of sp³-hybridized carbons (Fsp3) is 0.467. The van der Waals surface area contributed by atoms with Crippen LogP contribution in [0, 0.1) is 5.92 Å². The second kappa shape index (κ2) is 5.87. The summed E-state index contributed by atoms with van der Waals surface area (Å²) in [6.07, 6.45) is 2.46. The van der Waals surface area contributed by atoms with Crippen molar-refractivity contribution in [3.05, 3.63) is 29.3 Å². The monoisotopic (exact) mass is 261 g/mol. The molecule has 0 radical (unpaired) electrons. The van der Waals surface area contributed by atoms with E-state index in [0.717, 1.165) is 30.6 Å². The van der Waals surface area contributed by atoms with Crippen molar-refractivity contribution >= 4 is 12.2 Å². The molecule has 19 heavy (non-hydrogen) atoms. The fourth-order valence-corrected chi connectivity index (χ4v) is 2.48. The normalized spacial score (nSPS) is 18.7. The van der Waals surface area contributed by atoms with Gasteiger partial charge in [0.2, 0.25) is 5.91 Å². The maximum atomic E-state index is 11.9. The largest absolute Gasteiger partial charge is 0.496 e. The molecule has 1 aliphatic rings. The van der Waals surface area contributed by atoms with E-state index in [2.05, 4.69) is 6.92 Å². The quantitative estimate of drug-likeness (QED) is 0.764. The summed E-state index contributed by atoms with van der Waals surface area (Å²) in [5, 5.41) is 0. The molecule has 1 aromatic rings. The van der Waals surface area contributed by atoms with Crippen LogP contribution < -0.4 is 4.74 Å². The summed E-state index contributed by atoms with van der Waals surface area (Å²) in [6, 6.07) is 5.28. The number of carbonyl (C=O) groups is 2. The molecule has 0 spiro atoms. The molecule has 1 saturated heterocycles. The van der Waals surface area contributed by atoms with Crippen molar-refractivity contribution < 1.29 is 14.3 Å². The molecule has 0 N–H and O–H groups in total. The lowest BCUT2D eigenvalue weighted by molar-refractivity contribution is -0.128. The first-order valence-electron chi connectivity index (χ1n) is 6.57. The molecule has 1 amide bonds. The summed E-state index contributed by atoms with van der Waals surface area (Å²) in [7, 11) is 1.60. The topological polar surface area (TPSA) is 46.6 Å². The molecule has 2 rings (SSSR count). The lowest BCUT2D eigenvalue weighted by atomic mass is 10.1. The van der Waals surface area contributed by atoms with E-state index >= 15 is 0 Å². The van der Waals surface area contributed by atoms with Gasteiger partial charge in [0.25, 0.3) is 0 Å². The average Bonchev–Trinajstić information content (AvgIpc) is 2.79. The van der Waals surface area contributed by atoms with Crippen molar-refractivity contribution in [1.82, 2.24) is 4.90 Å². The summed E-state index contributed by atoms with van der Waals surface area (Å²) in [5.41, 5.74) is 1.49. The van der Waals surface area contributed by atoms with E-state index in [1.54, 1.807) is 25.3 Å². The van der Waals surface area contributed by atoms with Gasteiger partial charge < -0.3 is 9.64 Å². The van der Waals surface area contributed by atoms with Crippen LogP contribution in [-0.4, -0.2) is 30.7 Å². The summed E-state index contributed by atoms with van der Waals surface area (Å²) in [6.45, 7) is 3.42. The maximum absolute atomic E-state index is 11.9. The first-order chi connectivity index (χ1) is 9.17. The van der Waals surface area contributed by atoms with E-state index < -0.39 is 0 Å². The Balaban J connectivity index is 2.18. The number of rotatable bonds is 5. The highest BCUT2D eigenvalue weighted by atomic mass is 16.5. The minimum atomic E-state index is 0.186. The SMILES string of the molecule is CCC1CC(=O)N(Cc2cc(C=O)ccc2OC)C1. The van der Waals surface area contributed by atoms with E-state index in [4.69, 9.17) is 4.74 Å². The van der Waals surface area contributed by atoms with Crippen molar-refractivity contribution in [2.24, 2.45) is 5.92 Å². The van der Waals surface area contributed by atoms with Gasteiger partial charge in [0, 0.05) is 30.6 Å². The maximum Gasteiger partial charge on any atom is 0.223 e. The molecule has 1 aromatic carbocycles. The average molecular weight is 261 g/mol. The van der Waals surface area contributed by atoms with Crippen LogP contribution in [-0.2, 0) is 11.3 Å². The first kappa shape index (κ1) is 13.6.